The molecule has 1 aliphatic heterocycles. The topological polar surface area (TPSA) is 71.5 Å². The lowest BCUT2D eigenvalue weighted by atomic mass is 10.2. The van der Waals surface area contributed by atoms with E-state index in [2.05, 4.69) is 5.32 Å². The number of ether oxygens (including phenoxy) is 1. The number of nitrogens with zero attached hydrogens (tertiary/aromatic N) is 2. The molecule has 0 unspecified atom stereocenters. The summed E-state index contributed by atoms with van der Waals surface area (Å²) in [4.78, 5) is 30.9. The molecular formula is C25H21N3O3S. The highest BCUT2D eigenvalue weighted by molar-refractivity contribution is 7.21. The lowest BCUT2D eigenvalue weighted by Gasteiger charge is -2.16. The van der Waals surface area contributed by atoms with Gasteiger partial charge in [-0.05, 0) is 55.0 Å². The van der Waals surface area contributed by atoms with Gasteiger partial charge in [-0.3, -0.25) is 9.59 Å². The molecule has 0 aliphatic carbocycles. The van der Waals surface area contributed by atoms with Crippen LogP contribution in [0.25, 0.3) is 20.8 Å². The molecule has 2 heterocycles. The van der Waals surface area contributed by atoms with Crippen LogP contribution >= 0.6 is 11.3 Å². The van der Waals surface area contributed by atoms with Crippen LogP contribution in [-0.2, 0) is 9.59 Å². The quantitative estimate of drug-likeness (QED) is 0.450. The standard InChI is InChI=1S/C25H21N3O3S/c29-23(16-31-18-13-11-17(12-14-18)28-15-5-10-24(28)30)26-20-7-2-1-6-19(20)25-27-21-8-3-4-9-22(21)32-25/h1-4,6-9,11-14H,5,10,15-16H2,(H,26,29). The molecule has 2 amide bonds. The average Bonchev–Trinajstić information content (AvgIpc) is 3.44. The highest BCUT2D eigenvalue weighted by atomic mass is 32.1. The molecule has 4 aromatic rings. The molecule has 1 aliphatic rings. The van der Waals surface area contributed by atoms with E-state index in [9.17, 15) is 9.59 Å². The summed E-state index contributed by atoms with van der Waals surface area (Å²) in [5, 5.41) is 3.79. The molecule has 160 valence electrons. The Bertz CT molecular complexity index is 1250. The number of fused-ring (bicyclic) bond motifs is 1. The van der Waals surface area contributed by atoms with Crippen molar-refractivity contribution in [2.45, 2.75) is 12.8 Å². The van der Waals surface area contributed by atoms with Crippen molar-refractivity contribution in [3.05, 3.63) is 72.8 Å². The largest absolute Gasteiger partial charge is 0.484 e. The molecule has 1 N–H and O–H groups in total. The van der Waals surface area contributed by atoms with Crippen molar-refractivity contribution < 1.29 is 14.3 Å². The minimum Gasteiger partial charge on any atom is -0.484 e. The van der Waals surface area contributed by atoms with Crippen molar-refractivity contribution >= 4 is 44.7 Å². The van der Waals surface area contributed by atoms with E-state index in [1.54, 1.807) is 28.4 Å². The summed E-state index contributed by atoms with van der Waals surface area (Å²) in [6, 6.07) is 22.9. The van der Waals surface area contributed by atoms with Gasteiger partial charge in [-0.1, -0.05) is 24.3 Å². The van der Waals surface area contributed by atoms with Crippen LogP contribution in [0, 0.1) is 0 Å². The molecule has 0 saturated carbocycles. The van der Waals surface area contributed by atoms with E-state index < -0.39 is 0 Å². The zero-order chi connectivity index (χ0) is 21.9. The van der Waals surface area contributed by atoms with Crippen LogP contribution in [0.2, 0.25) is 0 Å². The van der Waals surface area contributed by atoms with Crippen LogP contribution in [0.3, 0.4) is 0 Å². The van der Waals surface area contributed by atoms with Gasteiger partial charge in [0.15, 0.2) is 6.61 Å². The Hall–Kier alpha value is -3.71. The number of hydrogen-bond donors (Lipinski definition) is 1. The van der Waals surface area contributed by atoms with E-state index in [0.717, 1.165) is 39.4 Å². The van der Waals surface area contributed by atoms with Crippen LogP contribution in [0.4, 0.5) is 11.4 Å². The third kappa shape index (κ3) is 4.20. The second-order valence-corrected chi connectivity index (χ2v) is 8.54. The summed E-state index contributed by atoms with van der Waals surface area (Å²) >= 11 is 1.59. The van der Waals surface area contributed by atoms with Gasteiger partial charge in [-0.25, -0.2) is 4.98 Å². The van der Waals surface area contributed by atoms with Crippen molar-refractivity contribution in [2.24, 2.45) is 0 Å². The second-order valence-electron chi connectivity index (χ2n) is 7.51. The molecule has 0 radical (unpaired) electrons. The van der Waals surface area contributed by atoms with Crippen molar-refractivity contribution in [2.75, 3.05) is 23.4 Å². The van der Waals surface area contributed by atoms with Crippen LogP contribution in [-0.4, -0.2) is 29.9 Å². The van der Waals surface area contributed by atoms with Gasteiger partial charge < -0.3 is 15.0 Å². The first-order chi connectivity index (χ1) is 15.7. The molecule has 1 saturated heterocycles. The predicted molar refractivity (Wildman–Crippen MR) is 127 cm³/mol. The molecule has 6 nitrogen and oxygen atoms in total. The molecule has 0 bridgehead atoms. The van der Waals surface area contributed by atoms with E-state index in [1.165, 1.54) is 0 Å². The Balaban J connectivity index is 1.24. The van der Waals surface area contributed by atoms with E-state index in [0.29, 0.717) is 17.9 Å². The molecule has 32 heavy (non-hydrogen) atoms. The second kappa shape index (κ2) is 8.80. The highest BCUT2D eigenvalue weighted by Crippen LogP contribution is 2.34. The van der Waals surface area contributed by atoms with Crippen LogP contribution in [0.1, 0.15) is 12.8 Å². The van der Waals surface area contributed by atoms with Gasteiger partial charge in [0.05, 0.1) is 15.9 Å². The molecule has 5 rings (SSSR count). The van der Waals surface area contributed by atoms with E-state index in [-0.39, 0.29) is 18.4 Å². The summed E-state index contributed by atoms with van der Waals surface area (Å²) in [6.45, 7) is 0.631. The number of amides is 2. The Kier molecular flexibility index (Phi) is 5.56. The first-order valence-electron chi connectivity index (χ1n) is 10.5. The van der Waals surface area contributed by atoms with Crippen molar-refractivity contribution in [1.82, 2.24) is 4.98 Å². The fourth-order valence-corrected chi connectivity index (χ4v) is 4.75. The number of anilines is 2. The number of rotatable bonds is 6. The van der Waals surface area contributed by atoms with E-state index in [1.807, 2.05) is 60.7 Å². The van der Waals surface area contributed by atoms with Crippen LogP contribution < -0.4 is 15.0 Å². The van der Waals surface area contributed by atoms with Crippen LogP contribution in [0.5, 0.6) is 5.75 Å². The normalized spacial score (nSPS) is 13.5. The van der Waals surface area contributed by atoms with Gasteiger partial charge >= 0.3 is 0 Å². The summed E-state index contributed by atoms with van der Waals surface area (Å²) in [6.07, 6.45) is 1.48. The third-order valence-corrected chi connectivity index (χ3v) is 6.39. The number of thiazole rings is 1. The van der Waals surface area contributed by atoms with Gasteiger partial charge in [0.1, 0.15) is 10.8 Å². The number of benzene rings is 3. The predicted octanol–water partition coefficient (Wildman–Crippen LogP) is 5.11. The highest BCUT2D eigenvalue weighted by Gasteiger charge is 2.21. The third-order valence-electron chi connectivity index (χ3n) is 5.32. The fraction of sp³-hybridized carbons (Fsp3) is 0.160. The fourth-order valence-electron chi connectivity index (χ4n) is 3.74. The number of para-hydroxylation sites is 2. The Labute approximate surface area is 189 Å². The number of aromatic nitrogens is 1. The lowest BCUT2D eigenvalue weighted by molar-refractivity contribution is -0.118. The summed E-state index contributed by atoms with van der Waals surface area (Å²) < 4.78 is 6.75. The number of nitrogens with one attached hydrogen (secondary N) is 1. The molecule has 3 aromatic carbocycles. The Morgan fingerprint density at radius 1 is 1.03 bits per heavy atom. The summed E-state index contributed by atoms with van der Waals surface area (Å²) in [7, 11) is 0. The van der Waals surface area contributed by atoms with E-state index in [4.69, 9.17) is 9.72 Å². The van der Waals surface area contributed by atoms with Crippen LogP contribution in [0.15, 0.2) is 72.8 Å². The molecule has 1 fully saturated rings. The van der Waals surface area contributed by atoms with Gasteiger partial charge in [0.25, 0.3) is 5.91 Å². The van der Waals surface area contributed by atoms with Gasteiger partial charge in [-0.15, -0.1) is 11.3 Å². The molecular weight excluding hydrogens is 422 g/mol. The van der Waals surface area contributed by atoms with Crippen molar-refractivity contribution in [3.63, 3.8) is 0 Å². The van der Waals surface area contributed by atoms with Gasteiger partial charge in [0.2, 0.25) is 5.91 Å². The monoisotopic (exact) mass is 443 g/mol. The molecule has 7 heteroatoms. The maximum Gasteiger partial charge on any atom is 0.262 e. The molecule has 0 spiro atoms. The molecule has 0 atom stereocenters. The first kappa shape index (κ1) is 20.2. The minimum absolute atomic E-state index is 0.115. The maximum absolute atomic E-state index is 12.6. The number of hydrogen-bond acceptors (Lipinski definition) is 5. The minimum atomic E-state index is -0.252. The molecule has 1 aromatic heterocycles. The number of carbonyl (C=O) groups is 2. The summed E-state index contributed by atoms with van der Waals surface area (Å²) in [5.74, 6) is 0.470. The van der Waals surface area contributed by atoms with Gasteiger partial charge in [-0.2, -0.15) is 0 Å². The Morgan fingerprint density at radius 3 is 2.59 bits per heavy atom. The van der Waals surface area contributed by atoms with Crippen molar-refractivity contribution in [3.8, 4) is 16.3 Å². The smallest absolute Gasteiger partial charge is 0.262 e. The number of carbonyl (C=O) groups excluding carboxylic acids is 2. The SMILES string of the molecule is O=C(COc1ccc(N2CCCC2=O)cc1)Nc1ccccc1-c1nc2ccccc2s1. The zero-order valence-corrected chi connectivity index (χ0v) is 18.1. The average molecular weight is 444 g/mol. The lowest BCUT2D eigenvalue weighted by Crippen LogP contribution is -2.23. The van der Waals surface area contributed by atoms with E-state index >= 15 is 0 Å². The van der Waals surface area contributed by atoms with Gasteiger partial charge in [0, 0.05) is 24.2 Å². The summed E-state index contributed by atoms with van der Waals surface area (Å²) in [5.41, 5.74) is 3.37. The zero-order valence-electron chi connectivity index (χ0n) is 17.3. The first-order valence-corrected chi connectivity index (χ1v) is 11.3. The van der Waals surface area contributed by atoms with Crippen molar-refractivity contribution in [1.29, 1.82) is 0 Å². The Morgan fingerprint density at radius 2 is 1.81 bits per heavy atom. The maximum atomic E-state index is 12.6.